The molecule has 2 N–H and O–H groups in total. The van der Waals surface area contributed by atoms with Crippen LogP contribution in [0.3, 0.4) is 0 Å². The summed E-state index contributed by atoms with van der Waals surface area (Å²) in [4.78, 5) is 40.5. The van der Waals surface area contributed by atoms with Crippen LogP contribution in [-0.4, -0.2) is 43.0 Å². The van der Waals surface area contributed by atoms with Crippen molar-refractivity contribution in [2.24, 2.45) is 17.8 Å². The first-order valence-corrected chi connectivity index (χ1v) is 16.1. The number of ether oxygens (including phenoxy) is 1. The second-order valence-corrected chi connectivity index (χ2v) is 16.9. The highest BCUT2D eigenvalue weighted by molar-refractivity contribution is 6.74. The van der Waals surface area contributed by atoms with Crippen molar-refractivity contribution in [3.8, 4) is 0 Å². The number of hydrogen-bond acceptors (Lipinski definition) is 5. The molecule has 1 amide bonds. The van der Waals surface area contributed by atoms with Gasteiger partial charge in [0.1, 0.15) is 6.23 Å². The van der Waals surface area contributed by atoms with E-state index in [4.69, 9.17) is 9.16 Å². The highest BCUT2D eigenvalue weighted by atomic mass is 28.4. The molecule has 4 atom stereocenters. The van der Waals surface area contributed by atoms with Crippen LogP contribution in [-0.2, 0) is 20.4 Å². The number of amides is 1. The molecule has 2 aromatic rings. The Morgan fingerprint density at radius 1 is 1.19 bits per heavy atom. The summed E-state index contributed by atoms with van der Waals surface area (Å²) in [5.41, 5.74) is 0.0272. The number of carbonyl (C=O) groups is 1. The number of benzene rings is 1. The van der Waals surface area contributed by atoms with Crippen molar-refractivity contribution in [1.82, 2.24) is 14.9 Å². The molecule has 3 rings (SSSR count). The molecule has 1 aromatic carbocycles. The summed E-state index contributed by atoms with van der Waals surface area (Å²) in [5.74, 6) is -0.462. The van der Waals surface area contributed by atoms with Gasteiger partial charge in [-0.05, 0) is 42.5 Å². The molecule has 0 aliphatic carbocycles. The molecule has 1 fully saturated rings. The quantitative estimate of drug-likeness (QED) is 0.451. The Kier molecular flexibility index (Phi) is 9.36. The maximum absolute atomic E-state index is 13.6. The van der Waals surface area contributed by atoms with Gasteiger partial charge in [0.2, 0.25) is 5.91 Å². The fourth-order valence-corrected chi connectivity index (χ4v) is 5.44. The molecule has 1 aromatic heterocycles. The summed E-state index contributed by atoms with van der Waals surface area (Å²) in [6.07, 6.45) is 1.57. The molecule has 1 aliphatic rings. The Morgan fingerprint density at radius 3 is 2.46 bits per heavy atom. The summed E-state index contributed by atoms with van der Waals surface area (Å²) in [6.45, 7) is 16.0. The third kappa shape index (κ3) is 7.52. The third-order valence-corrected chi connectivity index (χ3v) is 12.1. The number of hydrogen-bond donors (Lipinski definition) is 2. The monoisotopic (exact) mass is 529 g/mol. The van der Waals surface area contributed by atoms with Gasteiger partial charge in [-0.15, -0.1) is 0 Å². The molecule has 2 heterocycles. The molecule has 1 saturated heterocycles. The highest BCUT2D eigenvalue weighted by Gasteiger charge is 2.45. The number of aromatic amines is 1. The second kappa shape index (κ2) is 11.9. The molecular formula is C28H43N3O5Si. The van der Waals surface area contributed by atoms with Gasteiger partial charge in [-0.2, -0.15) is 0 Å². The SMILES string of the molecule is CC(C)CNC(=O)[C@@H](Cc1ccccc1)[C@@H]1C[C@@H](CO[Si](C)(C)C(C)(C)C)O[C@H]1n1ccc(=O)[nH]c1=O. The maximum Gasteiger partial charge on any atom is 0.330 e. The molecule has 0 spiro atoms. The van der Waals surface area contributed by atoms with Gasteiger partial charge in [0.05, 0.1) is 12.7 Å². The van der Waals surface area contributed by atoms with Gasteiger partial charge in [-0.25, -0.2) is 4.79 Å². The van der Waals surface area contributed by atoms with Gasteiger partial charge < -0.3 is 14.5 Å². The van der Waals surface area contributed by atoms with Crippen LogP contribution >= 0.6 is 0 Å². The zero-order valence-electron chi connectivity index (χ0n) is 23.2. The van der Waals surface area contributed by atoms with E-state index in [0.29, 0.717) is 31.9 Å². The molecule has 0 unspecified atom stereocenters. The van der Waals surface area contributed by atoms with E-state index in [0.717, 1.165) is 5.56 Å². The van der Waals surface area contributed by atoms with Crippen molar-refractivity contribution in [2.75, 3.05) is 13.2 Å². The summed E-state index contributed by atoms with van der Waals surface area (Å²) < 4.78 is 14.3. The summed E-state index contributed by atoms with van der Waals surface area (Å²) in [6, 6.07) is 11.2. The standard InChI is InChI=1S/C28H43N3O5Si/c1-19(2)17-29-25(33)22(15-20-11-9-8-10-12-20)23-16-21(18-35-37(6,7)28(3,4)5)36-26(23)31-14-13-24(32)30-27(31)34/h8-14,19,21-23,26H,15-18H2,1-7H3,(H,29,33)(H,30,32,34)/t21-,22-,23-,26+/m0/s1. The van der Waals surface area contributed by atoms with Gasteiger partial charge in [-0.3, -0.25) is 19.1 Å². The van der Waals surface area contributed by atoms with E-state index in [2.05, 4.69) is 58.0 Å². The normalized spacial score (nSPS) is 21.2. The summed E-state index contributed by atoms with van der Waals surface area (Å²) >= 11 is 0. The molecule has 0 radical (unpaired) electrons. The van der Waals surface area contributed by atoms with Crippen molar-refractivity contribution in [3.05, 3.63) is 69.0 Å². The van der Waals surface area contributed by atoms with Crippen molar-refractivity contribution < 1.29 is 14.0 Å². The smallest absolute Gasteiger partial charge is 0.330 e. The first-order chi connectivity index (χ1) is 17.3. The highest BCUT2D eigenvalue weighted by Crippen LogP contribution is 2.42. The predicted molar refractivity (Wildman–Crippen MR) is 148 cm³/mol. The van der Waals surface area contributed by atoms with Crippen molar-refractivity contribution in [1.29, 1.82) is 0 Å². The summed E-state index contributed by atoms with van der Waals surface area (Å²) in [5, 5.41) is 3.15. The summed E-state index contributed by atoms with van der Waals surface area (Å²) in [7, 11) is -2.02. The minimum atomic E-state index is -2.02. The molecule has 0 saturated carbocycles. The maximum atomic E-state index is 13.6. The van der Waals surface area contributed by atoms with E-state index in [1.165, 1.54) is 16.8 Å². The Labute approximate surface area is 220 Å². The second-order valence-electron chi connectivity index (χ2n) is 12.1. The van der Waals surface area contributed by atoms with Crippen LogP contribution < -0.4 is 16.6 Å². The Morgan fingerprint density at radius 2 is 1.86 bits per heavy atom. The number of H-pyrrole nitrogens is 1. The first-order valence-electron chi connectivity index (χ1n) is 13.2. The fraction of sp³-hybridized carbons (Fsp3) is 0.607. The van der Waals surface area contributed by atoms with Crippen LogP contribution in [0.4, 0.5) is 0 Å². The molecule has 0 bridgehead atoms. The first kappa shape index (κ1) is 29.1. The Bertz CT molecular complexity index is 1150. The van der Waals surface area contributed by atoms with Crippen LogP contribution in [0.5, 0.6) is 0 Å². The molecule has 8 nitrogen and oxygen atoms in total. The average molecular weight is 530 g/mol. The molecule has 9 heteroatoms. The lowest BCUT2D eigenvalue weighted by molar-refractivity contribution is -0.129. The Balaban J connectivity index is 1.95. The van der Waals surface area contributed by atoms with Gasteiger partial charge in [0.15, 0.2) is 8.32 Å². The van der Waals surface area contributed by atoms with Crippen molar-refractivity contribution in [2.45, 2.75) is 77.9 Å². The van der Waals surface area contributed by atoms with Gasteiger partial charge in [0.25, 0.3) is 5.56 Å². The van der Waals surface area contributed by atoms with Gasteiger partial charge in [-0.1, -0.05) is 65.0 Å². The lowest BCUT2D eigenvalue weighted by atomic mass is 9.82. The zero-order valence-corrected chi connectivity index (χ0v) is 24.2. The minimum Gasteiger partial charge on any atom is -0.414 e. The fourth-order valence-electron chi connectivity index (χ4n) is 4.40. The molecule has 37 heavy (non-hydrogen) atoms. The van der Waals surface area contributed by atoms with Crippen molar-refractivity contribution >= 4 is 14.2 Å². The van der Waals surface area contributed by atoms with Crippen LogP contribution in [0, 0.1) is 17.8 Å². The molecular weight excluding hydrogens is 486 g/mol. The van der Waals surface area contributed by atoms with E-state index in [-0.39, 0.29) is 23.0 Å². The topological polar surface area (TPSA) is 102 Å². The van der Waals surface area contributed by atoms with Crippen LogP contribution in [0.15, 0.2) is 52.2 Å². The number of rotatable bonds is 10. The van der Waals surface area contributed by atoms with Crippen LogP contribution in [0.25, 0.3) is 0 Å². The lowest BCUT2D eigenvalue weighted by Gasteiger charge is -2.36. The third-order valence-electron chi connectivity index (χ3n) is 7.63. The van der Waals surface area contributed by atoms with E-state index in [1.807, 2.05) is 30.3 Å². The number of carbonyl (C=O) groups excluding carboxylic acids is 1. The zero-order chi connectivity index (χ0) is 27.4. The molecule has 1 aliphatic heterocycles. The van der Waals surface area contributed by atoms with E-state index in [9.17, 15) is 14.4 Å². The largest absolute Gasteiger partial charge is 0.414 e. The predicted octanol–water partition coefficient (Wildman–Crippen LogP) is 4.09. The number of aromatic nitrogens is 2. The number of nitrogens with one attached hydrogen (secondary N) is 2. The van der Waals surface area contributed by atoms with E-state index < -0.39 is 31.7 Å². The van der Waals surface area contributed by atoms with Crippen LogP contribution in [0.1, 0.15) is 52.8 Å². The average Bonchev–Trinajstić information content (AvgIpc) is 3.23. The van der Waals surface area contributed by atoms with Crippen molar-refractivity contribution in [3.63, 3.8) is 0 Å². The minimum absolute atomic E-state index is 0.0485. The van der Waals surface area contributed by atoms with Crippen LogP contribution in [0.2, 0.25) is 18.1 Å². The Hall–Kier alpha value is -2.49. The lowest BCUT2D eigenvalue weighted by Crippen LogP contribution is -2.42. The van der Waals surface area contributed by atoms with Gasteiger partial charge in [0, 0.05) is 30.6 Å². The van der Waals surface area contributed by atoms with Gasteiger partial charge >= 0.3 is 5.69 Å². The molecule has 204 valence electrons. The van der Waals surface area contributed by atoms with E-state index >= 15 is 0 Å². The van der Waals surface area contributed by atoms with E-state index in [1.54, 1.807) is 0 Å². The number of nitrogens with zero attached hydrogens (tertiary/aromatic N) is 1.